The molecule has 1 heterocycles. The van der Waals surface area contributed by atoms with Gasteiger partial charge < -0.3 is 4.57 Å². The second-order valence-corrected chi connectivity index (χ2v) is 4.61. The summed E-state index contributed by atoms with van der Waals surface area (Å²) < 4.78 is 40.9. The van der Waals surface area contributed by atoms with Gasteiger partial charge in [-0.25, -0.2) is 4.98 Å². The summed E-state index contributed by atoms with van der Waals surface area (Å²) in [7, 11) is 0. The number of benzene rings is 1. The van der Waals surface area contributed by atoms with Crippen molar-refractivity contribution in [2.24, 2.45) is 0 Å². The second kappa shape index (κ2) is 4.30. The van der Waals surface area contributed by atoms with Crippen LogP contribution in [-0.2, 0) is 12.6 Å². The van der Waals surface area contributed by atoms with E-state index in [-0.39, 0.29) is 11.6 Å². The smallest absolute Gasteiger partial charge is 0.328 e. The highest BCUT2D eigenvalue weighted by atomic mass is 19.4. The molecule has 0 amide bonds. The standard InChI is InChI=1S/C13H15F3N2/c1-4-9-5-10(13(14,15)16)12-11(6-9)17-7-18(12)8(2)3/h5-8H,4H2,1-3H3. The summed E-state index contributed by atoms with van der Waals surface area (Å²) in [5.74, 6) is 0. The zero-order valence-corrected chi connectivity index (χ0v) is 10.5. The molecule has 0 aliphatic heterocycles. The molecule has 0 saturated heterocycles. The lowest BCUT2D eigenvalue weighted by atomic mass is 10.1. The molecule has 0 spiro atoms. The minimum absolute atomic E-state index is 0.0522. The SMILES string of the molecule is CCc1cc(C(F)(F)F)c2c(c1)ncn2C(C)C. The molecular formula is C13H15F3N2. The number of alkyl halides is 3. The highest BCUT2D eigenvalue weighted by Gasteiger charge is 2.34. The number of fused-ring (bicyclic) bond motifs is 1. The molecule has 0 atom stereocenters. The molecule has 0 fully saturated rings. The van der Waals surface area contributed by atoms with Gasteiger partial charge in [-0.2, -0.15) is 13.2 Å². The molecule has 18 heavy (non-hydrogen) atoms. The average Bonchev–Trinajstić information content (AvgIpc) is 2.69. The number of rotatable bonds is 2. The van der Waals surface area contributed by atoms with E-state index in [0.29, 0.717) is 17.5 Å². The lowest BCUT2D eigenvalue weighted by molar-refractivity contribution is -0.136. The van der Waals surface area contributed by atoms with Crippen LogP contribution in [0.15, 0.2) is 18.5 Å². The van der Waals surface area contributed by atoms with E-state index in [1.54, 1.807) is 10.6 Å². The van der Waals surface area contributed by atoms with E-state index >= 15 is 0 Å². The quantitative estimate of drug-likeness (QED) is 0.787. The number of nitrogens with zero attached hydrogens (tertiary/aromatic N) is 2. The first-order valence-corrected chi connectivity index (χ1v) is 5.91. The van der Waals surface area contributed by atoms with Gasteiger partial charge in [-0.1, -0.05) is 6.92 Å². The topological polar surface area (TPSA) is 17.8 Å². The summed E-state index contributed by atoms with van der Waals surface area (Å²) in [5.41, 5.74) is 0.650. The third-order valence-corrected chi connectivity index (χ3v) is 3.00. The Morgan fingerprint density at radius 2 is 1.94 bits per heavy atom. The van der Waals surface area contributed by atoms with Gasteiger partial charge in [-0.15, -0.1) is 0 Å². The van der Waals surface area contributed by atoms with Crippen LogP contribution in [0.4, 0.5) is 13.2 Å². The number of aromatic nitrogens is 2. The average molecular weight is 256 g/mol. The van der Waals surface area contributed by atoms with Crippen LogP contribution < -0.4 is 0 Å². The van der Waals surface area contributed by atoms with Crippen LogP contribution in [0.25, 0.3) is 11.0 Å². The van der Waals surface area contributed by atoms with E-state index in [9.17, 15) is 13.2 Å². The minimum Gasteiger partial charge on any atom is -0.328 e. The molecule has 0 N–H and O–H groups in total. The van der Waals surface area contributed by atoms with E-state index in [1.165, 1.54) is 12.4 Å². The molecule has 98 valence electrons. The van der Waals surface area contributed by atoms with Gasteiger partial charge in [0.1, 0.15) is 0 Å². The van der Waals surface area contributed by atoms with Crippen molar-refractivity contribution < 1.29 is 13.2 Å². The Labute approximate surface area is 103 Å². The molecule has 0 aliphatic carbocycles. The van der Waals surface area contributed by atoms with Crippen LogP contribution >= 0.6 is 0 Å². The van der Waals surface area contributed by atoms with Crippen molar-refractivity contribution in [3.05, 3.63) is 29.6 Å². The predicted molar refractivity (Wildman–Crippen MR) is 64.5 cm³/mol. The van der Waals surface area contributed by atoms with Crippen molar-refractivity contribution in [1.82, 2.24) is 9.55 Å². The normalized spacial score (nSPS) is 12.6. The van der Waals surface area contributed by atoms with Crippen molar-refractivity contribution in [2.75, 3.05) is 0 Å². The molecule has 5 heteroatoms. The maximum absolute atomic E-state index is 13.1. The maximum atomic E-state index is 13.1. The number of hydrogen-bond donors (Lipinski definition) is 0. The maximum Gasteiger partial charge on any atom is 0.418 e. The third kappa shape index (κ3) is 2.09. The Balaban J connectivity index is 2.81. The third-order valence-electron chi connectivity index (χ3n) is 3.00. The van der Waals surface area contributed by atoms with Crippen molar-refractivity contribution in [3.8, 4) is 0 Å². The van der Waals surface area contributed by atoms with E-state index in [2.05, 4.69) is 4.98 Å². The van der Waals surface area contributed by atoms with Gasteiger partial charge in [0.2, 0.25) is 0 Å². The van der Waals surface area contributed by atoms with Crippen LogP contribution in [0.1, 0.15) is 37.9 Å². The molecular weight excluding hydrogens is 241 g/mol. The Morgan fingerprint density at radius 3 is 2.44 bits per heavy atom. The summed E-state index contributed by atoms with van der Waals surface area (Å²) >= 11 is 0. The number of halogens is 3. The molecule has 0 bridgehead atoms. The fraction of sp³-hybridized carbons (Fsp3) is 0.462. The van der Waals surface area contributed by atoms with E-state index < -0.39 is 11.7 Å². The number of hydrogen-bond acceptors (Lipinski definition) is 1. The van der Waals surface area contributed by atoms with Crippen molar-refractivity contribution in [3.63, 3.8) is 0 Å². The Hall–Kier alpha value is -1.52. The monoisotopic (exact) mass is 256 g/mol. The van der Waals surface area contributed by atoms with Crippen LogP contribution in [0.3, 0.4) is 0 Å². The molecule has 2 rings (SSSR count). The Kier molecular flexibility index (Phi) is 3.09. The Bertz CT molecular complexity index is 567. The highest BCUT2D eigenvalue weighted by Crippen LogP contribution is 2.36. The Morgan fingerprint density at radius 1 is 1.28 bits per heavy atom. The van der Waals surface area contributed by atoms with Gasteiger partial charge in [0.25, 0.3) is 0 Å². The zero-order valence-electron chi connectivity index (χ0n) is 10.5. The van der Waals surface area contributed by atoms with Gasteiger partial charge in [0, 0.05) is 6.04 Å². The van der Waals surface area contributed by atoms with Gasteiger partial charge in [-0.05, 0) is 38.0 Å². The first-order chi connectivity index (χ1) is 8.34. The lowest BCUT2D eigenvalue weighted by Gasteiger charge is -2.14. The predicted octanol–water partition coefficient (Wildman–Crippen LogP) is 4.20. The van der Waals surface area contributed by atoms with Gasteiger partial charge in [-0.3, -0.25) is 0 Å². The van der Waals surface area contributed by atoms with Gasteiger partial charge >= 0.3 is 6.18 Å². The second-order valence-electron chi connectivity index (χ2n) is 4.61. The number of aryl methyl sites for hydroxylation is 1. The van der Waals surface area contributed by atoms with E-state index in [4.69, 9.17) is 0 Å². The molecule has 0 aliphatic rings. The van der Waals surface area contributed by atoms with Crippen LogP contribution in [0.5, 0.6) is 0 Å². The summed E-state index contributed by atoms with van der Waals surface area (Å²) in [6.07, 6.45) is -2.31. The molecule has 2 nitrogen and oxygen atoms in total. The van der Waals surface area contributed by atoms with Gasteiger partial charge in [0.15, 0.2) is 0 Å². The minimum atomic E-state index is -4.35. The number of imidazole rings is 1. The fourth-order valence-electron chi connectivity index (χ4n) is 2.04. The van der Waals surface area contributed by atoms with E-state index in [1.807, 2.05) is 20.8 Å². The summed E-state index contributed by atoms with van der Waals surface area (Å²) in [5, 5.41) is 0. The molecule has 0 unspecified atom stereocenters. The summed E-state index contributed by atoms with van der Waals surface area (Å²) in [6.45, 7) is 5.52. The molecule has 0 saturated carbocycles. The van der Waals surface area contributed by atoms with Crippen molar-refractivity contribution in [2.45, 2.75) is 39.4 Å². The van der Waals surface area contributed by atoms with Crippen LogP contribution in [-0.4, -0.2) is 9.55 Å². The van der Waals surface area contributed by atoms with Crippen LogP contribution in [0, 0.1) is 0 Å². The first kappa shape index (κ1) is 12.9. The fourth-order valence-corrected chi connectivity index (χ4v) is 2.04. The molecule has 0 radical (unpaired) electrons. The lowest BCUT2D eigenvalue weighted by Crippen LogP contribution is -2.10. The molecule has 1 aromatic carbocycles. The van der Waals surface area contributed by atoms with Gasteiger partial charge in [0.05, 0.1) is 22.9 Å². The molecule has 1 aromatic heterocycles. The largest absolute Gasteiger partial charge is 0.418 e. The first-order valence-electron chi connectivity index (χ1n) is 5.91. The van der Waals surface area contributed by atoms with E-state index in [0.717, 1.165) is 0 Å². The van der Waals surface area contributed by atoms with Crippen molar-refractivity contribution in [1.29, 1.82) is 0 Å². The zero-order chi connectivity index (χ0) is 13.5. The summed E-state index contributed by atoms with van der Waals surface area (Å²) in [6, 6.07) is 2.90. The molecule has 2 aromatic rings. The van der Waals surface area contributed by atoms with Crippen molar-refractivity contribution >= 4 is 11.0 Å². The highest BCUT2D eigenvalue weighted by molar-refractivity contribution is 5.81. The summed E-state index contributed by atoms with van der Waals surface area (Å²) in [4.78, 5) is 4.09. The van der Waals surface area contributed by atoms with Crippen LogP contribution in [0.2, 0.25) is 0 Å².